The first-order chi connectivity index (χ1) is 10.3. The molecule has 23 heavy (non-hydrogen) atoms. The first-order valence-electron chi connectivity index (χ1n) is 6.50. The Morgan fingerprint density at radius 1 is 1.30 bits per heavy atom. The highest BCUT2D eigenvalue weighted by molar-refractivity contribution is 5.92. The normalized spacial score (nSPS) is 11.0. The van der Waals surface area contributed by atoms with Crippen molar-refractivity contribution in [1.29, 1.82) is 0 Å². The summed E-state index contributed by atoms with van der Waals surface area (Å²) >= 11 is 0. The van der Waals surface area contributed by atoms with Gasteiger partial charge in [0, 0.05) is 17.9 Å². The van der Waals surface area contributed by atoms with Gasteiger partial charge < -0.3 is 11.1 Å². The lowest BCUT2D eigenvalue weighted by Gasteiger charge is -2.12. The molecule has 9 heteroatoms. The number of hydrogen-bond donors (Lipinski definition) is 3. The van der Waals surface area contributed by atoms with Crippen LogP contribution in [0.25, 0.3) is 0 Å². The number of carbonyl (C=O) groups is 1. The fourth-order valence-electron chi connectivity index (χ4n) is 1.98. The summed E-state index contributed by atoms with van der Waals surface area (Å²) in [6, 6.07) is 4.96. The van der Waals surface area contributed by atoms with Crippen LogP contribution in [0.5, 0.6) is 0 Å². The lowest BCUT2D eigenvalue weighted by Crippen LogP contribution is -2.16. The van der Waals surface area contributed by atoms with Gasteiger partial charge in [-0.25, -0.2) is 0 Å². The first kappa shape index (κ1) is 19.0. The van der Waals surface area contributed by atoms with Crippen LogP contribution in [0.15, 0.2) is 24.3 Å². The van der Waals surface area contributed by atoms with E-state index in [1.165, 1.54) is 6.07 Å². The third-order valence-electron chi connectivity index (χ3n) is 2.94. The summed E-state index contributed by atoms with van der Waals surface area (Å²) in [6.07, 6.45) is -4.53. The van der Waals surface area contributed by atoms with Crippen LogP contribution in [-0.4, -0.2) is 16.1 Å². The molecular formula is C14H16ClF3N4O. The van der Waals surface area contributed by atoms with E-state index in [0.717, 1.165) is 17.8 Å². The van der Waals surface area contributed by atoms with Crippen LogP contribution < -0.4 is 11.1 Å². The monoisotopic (exact) mass is 348 g/mol. The first-order valence-corrected chi connectivity index (χ1v) is 6.50. The molecule has 0 aliphatic heterocycles. The van der Waals surface area contributed by atoms with Crippen LogP contribution in [0.1, 0.15) is 22.5 Å². The second-order valence-corrected chi connectivity index (χ2v) is 4.89. The second kappa shape index (κ2) is 7.47. The number of rotatable bonds is 4. The van der Waals surface area contributed by atoms with Crippen molar-refractivity contribution in [2.45, 2.75) is 26.1 Å². The predicted octanol–water partition coefficient (Wildman–Crippen LogP) is 2.80. The summed E-state index contributed by atoms with van der Waals surface area (Å²) in [5.41, 5.74) is 6.22. The number of carbonyl (C=O) groups excluding carboxylic acids is 1. The lowest BCUT2D eigenvalue weighted by atomic mass is 10.1. The van der Waals surface area contributed by atoms with Gasteiger partial charge in [-0.3, -0.25) is 9.89 Å². The average molecular weight is 349 g/mol. The highest BCUT2D eigenvalue weighted by atomic mass is 35.5. The number of aryl methyl sites for hydroxylation is 1. The summed E-state index contributed by atoms with van der Waals surface area (Å²) in [7, 11) is 0. The van der Waals surface area contributed by atoms with Gasteiger partial charge in [0.1, 0.15) is 0 Å². The predicted molar refractivity (Wildman–Crippen MR) is 82.2 cm³/mol. The van der Waals surface area contributed by atoms with Crippen molar-refractivity contribution in [2.24, 2.45) is 5.73 Å². The molecule has 0 saturated carbocycles. The van der Waals surface area contributed by atoms with Crippen LogP contribution in [0.3, 0.4) is 0 Å². The number of aromatic nitrogens is 2. The Morgan fingerprint density at radius 2 is 2.00 bits per heavy atom. The van der Waals surface area contributed by atoms with Crippen molar-refractivity contribution in [3.63, 3.8) is 0 Å². The number of halogens is 4. The molecule has 4 N–H and O–H groups in total. The SMILES string of the molecule is Cc1cc(CC(=O)Nc2cc(CN)cc(C(F)(F)F)c2)n[nH]1.Cl. The topological polar surface area (TPSA) is 83.8 Å². The van der Waals surface area contributed by atoms with Crippen molar-refractivity contribution in [2.75, 3.05) is 5.32 Å². The molecule has 0 spiro atoms. The smallest absolute Gasteiger partial charge is 0.326 e. The minimum Gasteiger partial charge on any atom is -0.326 e. The Bertz CT molecular complexity index is 685. The van der Waals surface area contributed by atoms with E-state index in [0.29, 0.717) is 11.3 Å². The third-order valence-corrected chi connectivity index (χ3v) is 2.94. The van der Waals surface area contributed by atoms with E-state index in [1.807, 2.05) is 0 Å². The zero-order chi connectivity index (χ0) is 16.3. The van der Waals surface area contributed by atoms with E-state index >= 15 is 0 Å². The van der Waals surface area contributed by atoms with Gasteiger partial charge in [0.2, 0.25) is 5.91 Å². The van der Waals surface area contributed by atoms with Gasteiger partial charge in [0.05, 0.1) is 17.7 Å². The molecule has 0 aliphatic rings. The molecule has 0 fully saturated rings. The number of amides is 1. The molecule has 0 bridgehead atoms. The summed E-state index contributed by atoms with van der Waals surface area (Å²) < 4.78 is 38.4. The van der Waals surface area contributed by atoms with Crippen LogP contribution in [0.2, 0.25) is 0 Å². The maximum Gasteiger partial charge on any atom is 0.416 e. The molecule has 2 rings (SSSR count). The minimum absolute atomic E-state index is 0. The van der Waals surface area contributed by atoms with E-state index in [9.17, 15) is 18.0 Å². The van der Waals surface area contributed by atoms with Gasteiger partial charge in [-0.15, -0.1) is 12.4 Å². The minimum atomic E-state index is -4.50. The average Bonchev–Trinajstić information content (AvgIpc) is 2.82. The molecule has 0 radical (unpaired) electrons. The van der Waals surface area contributed by atoms with Crippen LogP contribution in [-0.2, 0) is 23.9 Å². The second-order valence-electron chi connectivity index (χ2n) is 4.89. The van der Waals surface area contributed by atoms with E-state index < -0.39 is 17.6 Å². The van der Waals surface area contributed by atoms with E-state index in [2.05, 4.69) is 15.5 Å². The largest absolute Gasteiger partial charge is 0.416 e. The summed E-state index contributed by atoms with van der Waals surface area (Å²) in [5, 5.41) is 9.03. The van der Waals surface area contributed by atoms with Gasteiger partial charge in [0.25, 0.3) is 0 Å². The van der Waals surface area contributed by atoms with Crippen molar-refractivity contribution in [3.05, 3.63) is 46.8 Å². The number of anilines is 1. The molecule has 1 aromatic heterocycles. The van der Waals surface area contributed by atoms with Crippen LogP contribution in [0, 0.1) is 6.92 Å². The lowest BCUT2D eigenvalue weighted by molar-refractivity contribution is -0.137. The highest BCUT2D eigenvalue weighted by Gasteiger charge is 2.31. The van der Waals surface area contributed by atoms with E-state index in [4.69, 9.17) is 5.73 Å². The molecule has 0 aliphatic carbocycles. The van der Waals surface area contributed by atoms with Gasteiger partial charge in [0.15, 0.2) is 0 Å². The maximum atomic E-state index is 12.8. The number of H-pyrrole nitrogens is 1. The maximum absolute atomic E-state index is 12.8. The van der Waals surface area contributed by atoms with Crippen LogP contribution in [0.4, 0.5) is 18.9 Å². The molecule has 5 nitrogen and oxygen atoms in total. The number of nitrogens with one attached hydrogen (secondary N) is 2. The number of nitrogens with two attached hydrogens (primary N) is 1. The quantitative estimate of drug-likeness (QED) is 0.794. The molecule has 0 saturated heterocycles. The van der Waals surface area contributed by atoms with Gasteiger partial charge in [-0.05, 0) is 36.8 Å². The molecule has 0 unspecified atom stereocenters. The Kier molecular flexibility index (Phi) is 6.17. The van der Waals surface area contributed by atoms with Gasteiger partial charge in [-0.1, -0.05) is 0 Å². The molecule has 126 valence electrons. The van der Waals surface area contributed by atoms with Gasteiger partial charge >= 0.3 is 6.18 Å². The van der Waals surface area contributed by atoms with Crippen molar-refractivity contribution >= 4 is 24.0 Å². The van der Waals surface area contributed by atoms with E-state index in [-0.39, 0.29) is 31.1 Å². The summed E-state index contributed by atoms with van der Waals surface area (Å²) in [4.78, 5) is 11.9. The summed E-state index contributed by atoms with van der Waals surface area (Å²) in [6.45, 7) is 1.74. The molecule has 2 aromatic rings. The van der Waals surface area contributed by atoms with E-state index in [1.54, 1.807) is 13.0 Å². The van der Waals surface area contributed by atoms with Gasteiger partial charge in [-0.2, -0.15) is 18.3 Å². The number of aromatic amines is 1. The van der Waals surface area contributed by atoms with Crippen molar-refractivity contribution in [1.82, 2.24) is 10.2 Å². The molecule has 1 aromatic carbocycles. The zero-order valence-electron chi connectivity index (χ0n) is 12.2. The third kappa shape index (κ3) is 5.26. The number of hydrogen-bond acceptors (Lipinski definition) is 3. The Labute approximate surface area is 136 Å². The number of nitrogens with zero attached hydrogens (tertiary/aromatic N) is 1. The molecule has 1 amide bonds. The van der Waals surface area contributed by atoms with Crippen molar-refractivity contribution < 1.29 is 18.0 Å². The fourth-order valence-corrected chi connectivity index (χ4v) is 1.98. The molecule has 0 atom stereocenters. The fraction of sp³-hybridized carbons (Fsp3) is 0.286. The molecule has 1 heterocycles. The Balaban J connectivity index is 0.00000264. The van der Waals surface area contributed by atoms with Crippen molar-refractivity contribution in [3.8, 4) is 0 Å². The Morgan fingerprint density at radius 3 is 2.52 bits per heavy atom. The highest BCUT2D eigenvalue weighted by Crippen LogP contribution is 2.32. The molecular weight excluding hydrogens is 333 g/mol. The van der Waals surface area contributed by atoms with Crippen LogP contribution >= 0.6 is 12.4 Å². The summed E-state index contributed by atoms with van der Waals surface area (Å²) in [5.74, 6) is -0.450. The number of alkyl halides is 3. The Hall–Kier alpha value is -2.06. The standard InChI is InChI=1S/C14H15F3N4O.ClH/c1-8-2-12(21-20-8)6-13(22)19-11-4-9(7-18)3-10(5-11)14(15,16)17;/h2-5H,6-7,18H2,1H3,(H,19,22)(H,20,21);1H. The zero-order valence-corrected chi connectivity index (χ0v) is 13.0. The number of benzene rings is 1.